The van der Waals surface area contributed by atoms with Crippen LogP contribution >= 0.6 is 23.2 Å². The van der Waals surface area contributed by atoms with E-state index in [0.29, 0.717) is 23.0 Å². The van der Waals surface area contributed by atoms with E-state index >= 15 is 0 Å². The van der Waals surface area contributed by atoms with Crippen molar-refractivity contribution >= 4 is 40.8 Å². The first-order valence-corrected chi connectivity index (χ1v) is 9.35. The highest BCUT2D eigenvalue weighted by Crippen LogP contribution is 2.22. The second kappa shape index (κ2) is 9.62. The van der Waals surface area contributed by atoms with Crippen LogP contribution in [0.15, 0.2) is 30.3 Å². The minimum Gasteiger partial charge on any atom is -0.338 e. The van der Waals surface area contributed by atoms with Crippen LogP contribution in [0.25, 0.3) is 0 Å². The number of aryl methyl sites for hydroxylation is 3. The van der Waals surface area contributed by atoms with Crippen LogP contribution in [-0.2, 0) is 11.2 Å². The van der Waals surface area contributed by atoms with Gasteiger partial charge < -0.3 is 16.0 Å². The van der Waals surface area contributed by atoms with Crippen molar-refractivity contribution in [2.75, 3.05) is 18.4 Å². The van der Waals surface area contributed by atoms with Gasteiger partial charge in [-0.05, 0) is 56.0 Å². The van der Waals surface area contributed by atoms with Gasteiger partial charge in [0.15, 0.2) is 0 Å². The highest BCUT2D eigenvalue weighted by molar-refractivity contribution is 6.35. The van der Waals surface area contributed by atoms with Gasteiger partial charge in [-0.25, -0.2) is 4.79 Å². The van der Waals surface area contributed by atoms with E-state index < -0.39 is 6.03 Å². The average Bonchev–Trinajstić information content (AvgIpc) is 2.58. The Morgan fingerprint density at radius 3 is 2.26 bits per heavy atom. The monoisotopic (exact) mass is 407 g/mol. The van der Waals surface area contributed by atoms with Gasteiger partial charge in [-0.15, -0.1) is 0 Å². The quantitative estimate of drug-likeness (QED) is 0.663. The predicted octanol–water partition coefficient (Wildman–Crippen LogP) is 4.40. The van der Waals surface area contributed by atoms with Crippen LogP contribution in [0.1, 0.15) is 22.3 Å². The Balaban J connectivity index is 1.76. The molecule has 0 bridgehead atoms. The molecule has 0 unspecified atom stereocenters. The molecule has 0 atom stereocenters. The number of benzene rings is 2. The molecule has 0 aliphatic rings. The van der Waals surface area contributed by atoms with E-state index in [4.69, 9.17) is 23.2 Å². The van der Waals surface area contributed by atoms with Crippen molar-refractivity contribution in [2.24, 2.45) is 0 Å². The van der Waals surface area contributed by atoms with E-state index in [1.807, 2.05) is 39.0 Å². The van der Waals surface area contributed by atoms with Crippen LogP contribution in [0.4, 0.5) is 10.5 Å². The fourth-order valence-electron chi connectivity index (χ4n) is 2.82. The van der Waals surface area contributed by atoms with Gasteiger partial charge in [0, 0.05) is 22.3 Å². The highest BCUT2D eigenvalue weighted by atomic mass is 35.5. The third-order valence-electron chi connectivity index (χ3n) is 4.05. The summed E-state index contributed by atoms with van der Waals surface area (Å²) < 4.78 is 0. The summed E-state index contributed by atoms with van der Waals surface area (Å²) in [6.45, 7) is 6.18. The van der Waals surface area contributed by atoms with Gasteiger partial charge in [-0.1, -0.05) is 47.0 Å². The van der Waals surface area contributed by atoms with Crippen molar-refractivity contribution in [3.63, 3.8) is 0 Å². The number of halogens is 2. The van der Waals surface area contributed by atoms with E-state index in [1.54, 1.807) is 12.1 Å². The minimum atomic E-state index is -0.410. The van der Waals surface area contributed by atoms with Crippen LogP contribution in [0, 0.1) is 20.8 Å². The summed E-state index contributed by atoms with van der Waals surface area (Å²) in [5, 5.41) is 9.22. The van der Waals surface area contributed by atoms with Gasteiger partial charge >= 0.3 is 6.03 Å². The summed E-state index contributed by atoms with van der Waals surface area (Å²) in [5.41, 5.74) is 4.80. The largest absolute Gasteiger partial charge is 0.338 e. The van der Waals surface area contributed by atoms with Gasteiger partial charge in [0.2, 0.25) is 5.91 Å². The molecule has 0 aliphatic heterocycles. The first-order valence-electron chi connectivity index (χ1n) is 8.59. The lowest BCUT2D eigenvalue weighted by molar-refractivity contribution is -0.115. The zero-order valence-electron chi connectivity index (χ0n) is 15.6. The molecule has 3 amide bonds. The molecule has 144 valence electrons. The normalized spacial score (nSPS) is 10.4. The van der Waals surface area contributed by atoms with Crippen LogP contribution in [0.5, 0.6) is 0 Å². The first kappa shape index (κ1) is 21.1. The summed E-state index contributed by atoms with van der Waals surface area (Å²) in [5.74, 6) is -0.277. The SMILES string of the molecule is Cc1cc(C)c(NC(=O)CNC(=O)NCCc2ccc(Cl)cc2Cl)c(C)c1. The number of carbonyl (C=O) groups excluding carboxylic acids is 2. The number of hydrogen-bond acceptors (Lipinski definition) is 2. The second-order valence-corrected chi connectivity index (χ2v) is 7.26. The zero-order chi connectivity index (χ0) is 20.0. The summed E-state index contributed by atoms with van der Waals surface area (Å²) in [6.07, 6.45) is 0.567. The molecule has 0 saturated carbocycles. The topological polar surface area (TPSA) is 70.2 Å². The Kier molecular flexibility index (Phi) is 7.51. The molecule has 0 radical (unpaired) electrons. The Hall–Kier alpha value is -2.24. The maximum Gasteiger partial charge on any atom is 0.315 e. The molecule has 0 fully saturated rings. The lowest BCUT2D eigenvalue weighted by Gasteiger charge is -2.13. The maximum atomic E-state index is 12.1. The number of nitrogens with one attached hydrogen (secondary N) is 3. The molecule has 0 saturated heterocycles. The molecular formula is C20H23Cl2N3O2. The second-order valence-electron chi connectivity index (χ2n) is 6.42. The highest BCUT2D eigenvalue weighted by Gasteiger charge is 2.10. The Morgan fingerprint density at radius 1 is 0.963 bits per heavy atom. The molecular weight excluding hydrogens is 385 g/mol. The summed E-state index contributed by atoms with van der Waals surface area (Å²) >= 11 is 11.9. The zero-order valence-corrected chi connectivity index (χ0v) is 17.1. The van der Waals surface area contributed by atoms with Crippen molar-refractivity contribution in [3.8, 4) is 0 Å². The average molecular weight is 408 g/mol. The van der Waals surface area contributed by atoms with Crippen molar-refractivity contribution in [1.82, 2.24) is 10.6 Å². The molecule has 3 N–H and O–H groups in total. The number of urea groups is 1. The van der Waals surface area contributed by atoms with Crippen LogP contribution < -0.4 is 16.0 Å². The Bertz CT molecular complexity index is 830. The molecule has 0 heterocycles. The van der Waals surface area contributed by atoms with Crippen molar-refractivity contribution in [2.45, 2.75) is 27.2 Å². The first-order chi connectivity index (χ1) is 12.8. The molecule has 0 aliphatic carbocycles. The van der Waals surface area contributed by atoms with Gasteiger partial charge in [0.1, 0.15) is 0 Å². The van der Waals surface area contributed by atoms with Crippen LogP contribution in [0.3, 0.4) is 0 Å². The molecule has 0 aromatic heterocycles. The van der Waals surface area contributed by atoms with Crippen molar-refractivity contribution < 1.29 is 9.59 Å². The molecule has 7 heteroatoms. The number of carbonyl (C=O) groups is 2. The Morgan fingerprint density at radius 2 is 1.63 bits per heavy atom. The third kappa shape index (κ3) is 6.45. The summed E-state index contributed by atoms with van der Waals surface area (Å²) in [7, 11) is 0. The fraction of sp³-hybridized carbons (Fsp3) is 0.300. The fourth-order valence-corrected chi connectivity index (χ4v) is 3.32. The minimum absolute atomic E-state index is 0.111. The number of amides is 3. The maximum absolute atomic E-state index is 12.1. The number of anilines is 1. The van der Waals surface area contributed by atoms with Crippen molar-refractivity contribution in [3.05, 3.63) is 62.6 Å². The van der Waals surface area contributed by atoms with E-state index in [-0.39, 0.29) is 12.5 Å². The standard InChI is InChI=1S/C20H23Cl2N3O2/c1-12-8-13(2)19(14(3)9-12)25-18(26)11-24-20(27)23-7-6-15-4-5-16(21)10-17(15)22/h4-5,8-10H,6-7,11H2,1-3H3,(H,25,26)(H2,23,24,27). The Labute approximate surface area is 169 Å². The lowest BCUT2D eigenvalue weighted by atomic mass is 10.1. The van der Waals surface area contributed by atoms with Gasteiger partial charge in [-0.2, -0.15) is 0 Å². The number of hydrogen-bond donors (Lipinski definition) is 3. The van der Waals surface area contributed by atoms with E-state index in [0.717, 1.165) is 27.9 Å². The summed E-state index contributed by atoms with van der Waals surface area (Å²) in [6, 6.07) is 8.84. The van der Waals surface area contributed by atoms with Crippen molar-refractivity contribution in [1.29, 1.82) is 0 Å². The summed E-state index contributed by atoms with van der Waals surface area (Å²) in [4.78, 5) is 23.9. The van der Waals surface area contributed by atoms with Gasteiger partial charge in [0.25, 0.3) is 0 Å². The predicted molar refractivity (Wildman–Crippen MR) is 111 cm³/mol. The molecule has 0 spiro atoms. The molecule has 2 aromatic carbocycles. The third-order valence-corrected chi connectivity index (χ3v) is 4.63. The van der Waals surface area contributed by atoms with Gasteiger partial charge in [-0.3, -0.25) is 4.79 Å². The molecule has 27 heavy (non-hydrogen) atoms. The number of rotatable bonds is 6. The van der Waals surface area contributed by atoms with E-state index in [1.165, 1.54) is 0 Å². The molecule has 5 nitrogen and oxygen atoms in total. The van der Waals surface area contributed by atoms with Crippen LogP contribution in [-0.4, -0.2) is 25.0 Å². The molecule has 2 aromatic rings. The smallest absolute Gasteiger partial charge is 0.315 e. The molecule has 2 rings (SSSR count). The van der Waals surface area contributed by atoms with E-state index in [9.17, 15) is 9.59 Å². The lowest BCUT2D eigenvalue weighted by Crippen LogP contribution is -2.40. The van der Waals surface area contributed by atoms with Crippen LogP contribution in [0.2, 0.25) is 10.0 Å². The van der Waals surface area contributed by atoms with E-state index in [2.05, 4.69) is 16.0 Å². The van der Waals surface area contributed by atoms with Gasteiger partial charge in [0.05, 0.1) is 6.54 Å².